The highest BCUT2D eigenvalue weighted by Crippen LogP contribution is 2.27. The largest absolute Gasteiger partial charge is 0.489 e. The van der Waals surface area contributed by atoms with E-state index >= 15 is 0 Å². The molecule has 0 aliphatic heterocycles. The second kappa shape index (κ2) is 6.64. The quantitative estimate of drug-likeness (QED) is 0.866. The van der Waals surface area contributed by atoms with Crippen molar-refractivity contribution in [3.63, 3.8) is 0 Å². The molecule has 2 N–H and O–H groups in total. The Morgan fingerprint density at radius 2 is 1.82 bits per heavy atom. The number of hydrogen-bond donors (Lipinski definition) is 2. The zero-order valence-corrected chi connectivity index (χ0v) is 13.8. The van der Waals surface area contributed by atoms with E-state index in [-0.39, 0.29) is 11.6 Å². The summed E-state index contributed by atoms with van der Waals surface area (Å²) in [4.78, 5) is 8.75. The number of anilines is 3. The summed E-state index contributed by atoms with van der Waals surface area (Å²) in [5, 5.41) is 6.55. The maximum Gasteiger partial charge on any atom is 0.229 e. The molecule has 0 atom stereocenters. The summed E-state index contributed by atoms with van der Waals surface area (Å²) in [6, 6.07) is 9.63. The summed E-state index contributed by atoms with van der Waals surface area (Å²) in [7, 11) is 0. The van der Waals surface area contributed by atoms with Crippen LogP contribution in [0.25, 0.3) is 0 Å². The third-order valence-electron chi connectivity index (χ3n) is 2.65. The van der Waals surface area contributed by atoms with E-state index < -0.39 is 0 Å². The normalized spacial score (nSPS) is 11.4. The van der Waals surface area contributed by atoms with Crippen molar-refractivity contribution in [1.82, 2.24) is 9.97 Å². The lowest BCUT2D eigenvalue weighted by Crippen LogP contribution is -2.26. The van der Waals surface area contributed by atoms with Crippen LogP contribution in [-0.4, -0.2) is 21.6 Å². The van der Waals surface area contributed by atoms with Crippen LogP contribution >= 0.6 is 0 Å². The predicted octanol–water partition coefficient (Wildman–Crippen LogP) is 4.22. The van der Waals surface area contributed by atoms with Gasteiger partial charge in [0.05, 0.1) is 11.8 Å². The SMILES string of the molecule is CC(C)Oc1ccccc1Nc1nccc(NC(C)(C)C)n1. The fraction of sp³-hybridized carbons (Fsp3) is 0.412. The summed E-state index contributed by atoms with van der Waals surface area (Å²) < 4.78 is 5.79. The molecule has 5 nitrogen and oxygen atoms in total. The molecule has 1 aromatic heterocycles. The average molecular weight is 300 g/mol. The molecule has 2 rings (SSSR count). The van der Waals surface area contributed by atoms with Crippen molar-refractivity contribution in [2.75, 3.05) is 10.6 Å². The van der Waals surface area contributed by atoms with Crippen LogP contribution in [0, 0.1) is 0 Å². The Balaban J connectivity index is 2.19. The molecule has 0 fully saturated rings. The lowest BCUT2D eigenvalue weighted by Gasteiger charge is -2.21. The number of para-hydroxylation sites is 2. The van der Waals surface area contributed by atoms with E-state index in [4.69, 9.17) is 4.74 Å². The summed E-state index contributed by atoms with van der Waals surface area (Å²) >= 11 is 0. The van der Waals surface area contributed by atoms with E-state index in [1.807, 2.05) is 44.2 Å². The molecule has 0 spiro atoms. The van der Waals surface area contributed by atoms with Gasteiger partial charge in [-0.25, -0.2) is 4.98 Å². The van der Waals surface area contributed by atoms with Gasteiger partial charge in [0.25, 0.3) is 0 Å². The Kier molecular flexibility index (Phi) is 4.85. The van der Waals surface area contributed by atoms with Crippen LogP contribution < -0.4 is 15.4 Å². The topological polar surface area (TPSA) is 59.1 Å². The fourth-order valence-electron chi connectivity index (χ4n) is 1.92. The van der Waals surface area contributed by atoms with Gasteiger partial charge in [0, 0.05) is 11.7 Å². The zero-order valence-electron chi connectivity index (χ0n) is 13.8. The number of hydrogen-bond acceptors (Lipinski definition) is 5. The maximum atomic E-state index is 5.79. The second-order valence-corrected chi connectivity index (χ2v) is 6.43. The van der Waals surface area contributed by atoms with Crippen LogP contribution in [0.3, 0.4) is 0 Å². The molecule has 1 heterocycles. The number of benzene rings is 1. The average Bonchev–Trinajstić information content (AvgIpc) is 2.39. The summed E-state index contributed by atoms with van der Waals surface area (Å²) in [6.45, 7) is 10.3. The van der Waals surface area contributed by atoms with Crippen molar-refractivity contribution in [1.29, 1.82) is 0 Å². The minimum Gasteiger partial charge on any atom is -0.489 e. The van der Waals surface area contributed by atoms with Gasteiger partial charge in [-0.05, 0) is 52.8 Å². The second-order valence-electron chi connectivity index (χ2n) is 6.43. The molecule has 0 radical (unpaired) electrons. The predicted molar refractivity (Wildman–Crippen MR) is 90.9 cm³/mol. The lowest BCUT2D eigenvalue weighted by atomic mass is 10.1. The van der Waals surface area contributed by atoms with Gasteiger partial charge >= 0.3 is 0 Å². The van der Waals surface area contributed by atoms with Crippen LogP contribution in [0.4, 0.5) is 17.5 Å². The Bertz CT molecular complexity index is 620. The standard InChI is InChI=1S/C17H24N4O/c1-12(2)22-14-9-7-6-8-13(14)19-16-18-11-10-15(20-16)21-17(3,4)5/h6-12H,1-5H3,(H2,18,19,20,21). The van der Waals surface area contributed by atoms with Crippen molar-refractivity contribution in [3.8, 4) is 5.75 Å². The molecule has 0 bridgehead atoms. The van der Waals surface area contributed by atoms with Gasteiger partial charge in [0.1, 0.15) is 11.6 Å². The Morgan fingerprint density at radius 1 is 1.09 bits per heavy atom. The lowest BCUT2D eigenvalue weighted by molar-refractivity contribution is 0.244. The molecule has 2 aromatic rings. The highest BCUT2D eigenvalue weighted by molar-refractivity contribution is 5.63. The summed E-state index contributed by atoms with van der Waals surface area (Å²) in [5.74, 6) is 2.11. The monoisotopic (exact) mass is 300 g/mol. The summed E-state index contributed by atoms with van der Waals surface area (Å²) in [6.07, 6.45) is 1.84. The van der Waals surface area contributed by atoms with Gasteiger partial charge in [0.2, 0.25) is 5.95 Å². The molecular weight excluding hydrogens is 276 g/mol. The number of nitrogens with zero attached hydrogens (tertiary/aromatic N) is 2. The molecule has 0 saturated carbocycles. The van der Waals surface area contributed by atoms with Crippen molar-refractivity contribution >= 4 is 17.5 Å². The van der Waals surface area contributed by atoms with Gasteiger partial charge in [0.15, 0.2) is 0 Å². The van der Waals surface area contributed by atoms with Crippen LogP contribution in [0.15, 0.2) is 36.5 Å². The van der Waals surface area contributed by atoms with Crippen LogP contribution in [0.2, 0.25) is 0 Å². The van der Waals surface area contributed by atoms with Gasteiger partial charge in [-0.15, -0.1) is 0 Å². The van der Waals surface area contributed by atoms with Crippen molar-refractivity contribution in [2.45, 2.75) is 46.3 Å². The first-order valence-electron chi connectivity index (χ1n) is 7.47. The number of aromatic nitrogens is 2. The van der Waals surface area contributed by atoms with E-state index in [9.17, 15) is 0 Å². The Morgan fingerprint density at radius 3 is 2.50 bits per heavy atom. The molecule has 0 aliphatic rings. The van der Waals surface area contributed by atoms with E-state index in [1.165, 1.54) is 0 Å². The highest BCUT2D eigenvalue weighted by atomic mass is 16.5. The minimum atomic E-state index is -0.0513. The van der Waals surface area contributed by atoms with Crippen molar-refractivity contribution in [3.05, 3.63) is 36.5 Å². The molecule has 5 heteroatoms. The molecule has 0 aliphatic carbocycles. The first-order valence-corrected chi connectivity index (χ1v) is 7.47. The van der Waals surface area contributed by atoms with Crippen molar-refractivity contribution < 1.29 is 4.74 Å². The number of ether oxygens (including phenoxy) is 1. The van der Waals surface area contributed by atoms with E-state index in [1.54, 1.807) is 6.20 Å². The molecule has 0 unspecified atom stereocenters. The molecule has 0 saturated heterocycles. The molecule has 22 heavy (non-hydrogen) atoms. The maximum absolute atomic E-state index is 5.79. The summed E-state index contributed by atoms with van der Waals surface area (Å²) in [5.41, 5.74) is 0.800. The van der Waals surface area contributed by atoms with Gasteiger partial charge in [-0.3, -0.25) is 0 Å². The first kappa shape index (κ1) is 16.1. The number of rotatable bonds is 5. The third kappa shape index (κ3) is 4.91. The highest BCUT2D eigenvalue weighted by Gasteiger charge is 2.11. The van der Waals surface area contributed by atoms with Crippen LogP contribution in [0.5, 0.6) is 5.75 Å². The van der Waals surface area contributed by atoms with Crippen molar-refractivity contribution in [2.24, 2.45) is 0 Å². The molecular formula is C17H24N4O. The van der Waals surface area contributed by atoms with Crippen LogP contribution in [0.1, 0.15) is 34.6 Å². The third-order valence-corrected chi connectivity index (χ3v) is 2.65. The molecule has 1 aromatic carbocycles. The smallest absolute Gasteiger partial charge is 0.229 e. The number of nitrogens with one attached hydrogen (secondary N) is 2. The Labute approximate surface area is 132 Å². The fourth-order valence-corrected chi connectivity index (χ4v) is 1.92. The first-order chi connectivity index (χ1) is 10.3. The van der Waals surface area contributed by atoms with Crippen LogP contribution in [-0.2, 0) is 0 Å². The van der Waals surface area contributed by atoms with Gasteiger partial charge < -0.3 is 15.4 Å². The van der Waals surface area contributed by atoms with E-state index in [2.05, 4.69) is 41.4 Å². The van der Waals surface area contributed by atoms with E-state index in [0.717, 1.165) is 17.3 Å². The molecule has 118 valence electrons. The molecule has 0 amide bonds. The zero-order chi connectivity index (χ0) is 16.2. The van der Waals surface area contributed by atoms with Gasteiger partial charge in [-0.1, -0.05) is 12.1 Å². The minimum absolute atomic E-state index is 0.0513. The van der Waals surface area contributed by atoms with E-state index in [0.29, 0.717) is 5.95 Å². The Hall–Kier alpha value is -2.30. The van der Waals surface area contributed by atoms with Gasteiger partial charge in [-0.2, -0.15) is 4.98 Å².